The zero-order valence-corrected chi connectivity index (χ0v) is 23.5. The first kappa shape index (κ1) is 27.4. The van der Waals surface area contributed by atoms with Crippen LogP contribution in [-0.4, -0.2) is 55.8 Å². The van der Waals surface area contributed by atoms with E-state index in [1.165, 1.54) is 24.5 Å². The van der Waals surface area contributed by atoms with Gasteiger partial charge in [-0.1, -0.05) is 0 Å². The number of nitrogens with one attached hydrogen (secondary N) is 4. The van der Waals surface area contributed by atoms with E-state index in [9.17, 15) is 12.8 Å². The highest BCUT2D eigenvalue weighted by Crippen LogP contribution is 2.35. The van der Waals surface area contributed by atoms with Crippen molar-refractivity contribution in [1.82, 2.24) is 39.8 Å². The molecule has 214 valence electrons. The van der Waals surface area contributed by atoms with Crippen molar-refractivity contribution < 1.29 is 17.2 Å². The summed E-state index contributed by atoms with van der Waals surface area (Å²) >= 11 is 0. The summed E-state index contributed by atoms with van der Waals surface area (Å²) in [5.74, 6) is -0.870. The Morgan fingerprint density at radius 2 is 1.74 bits per heavy atom. The zero-order chi connectivity index (χ0) is 29.6. The van der Waals surface area contributed by atoms with Crippen LogP contribution in [0.1, 0.15) is 19.4 Å². The van der Waals surface area contributed by atoms with Crippen molar-refractivity contribution in [3.05, 3.63) is 72.4 Å². The first-order valence-electron chi connectivity index (χ1n) is 12.9. The second kappa shape index (κ2) is 10.5. The monoisotopic (exact) mass is 589 g/mol. The predicted molar refractivity (Wildman–Crippen MR) is 156 cm³/mol. The maximum atomic E-state index is 16.1. The summed E-state index contributed by atoms with van der Waals surface area (Å²) in [7, 11) is -3.47. The Kier molecular flexibility index (Phi) is 6.86. The molecule has 0 unspecified atom stereocenters. The van der Waals surface area contributed by atoms with Crippen molar-refractivity contribution in [3.63, 3.8) is 0 Å². The molecule has 1 aromatic carbocycles. The van der Waals surface area contributed by atoms with Crippen molar-refractivity contribution in [1.29, 1.82) is 0 Å². The molecule has 0 bridgehead atoms. The fourth-order valence-corrected chi connectivity index (χ4v) is 5.14. The maximum absolute atomic E-state index is 16.1. The van der Waals surface area contributed by atoms with E-state index in [1.807, 2.05) is 13.8 Å². The van der Waals surface area contributed by atoms with Gasteiger partial charge in [0, 0.05) is 42.3 Å². The molecule has 4 N–H and O–H groups in total. The summed E-state index contributed by atoms with van der Waals surface area (Å²) in [6.07, 6.45) is 8.82. The molecule has 14 heteroatoms. The van der Waals surface area contributed by atoms with Crippen LogP contribution in [0.2, 0.25) is 0 Å². The number of hydrogen-bond acceptors (Lipinski definition) is 8. The average Bonchev–Trinajstić information content (AvgIpc) is 3.56. The zero-order valence-electron chi connectivity index (χ0n) is 22.7. The Morgan fingerprint density at radius 3 is 2.52 bits per heavy atom. The number of anilines is 1. The van der Waals surface area contributed by atoms with E-state index in [0.717, 1.165) is 11.9 Å². The molecule has 0 amide bonds. The molecule has 0 saturated heterocycles. The van der Waals surface area contributed by atoms with E-state index in [2.05, 4.69) is 40.2 Å². The lowest BCUT2D eigenvalue weighted by atomic mass is 10.0. The van der Waals surface area contributed by atoms with Gasteiger partial charge in [0.25, 0.3) is 0 Å². The van der Waals surface area contributed by atoms with Crippen LogP contribution in [0.15, 0.2) is 55.2 Å². The second-order valence-electron chi connectivity index (χ2n) is 10.2. The molecule has 0 aliphatic heterocycles. The first-order chi connectivity index (χ1) is 20.1. The van der Waals surface area contributed by atoms with Crippen LogP contribution in [-0.2, 0) is 16.6 Å². The van der Waals surface area contributed by atoms with E-state index in [1.54, 1.807) is 30.7 Å². The number of rotatable bonds is 8. The van der Waals surface area contributed by atoms with Gasteiger partial charge in [0.2, 0.25) is 10.0 Å². The minimum atomic E-state index is -3.47. The van der Waals surface area contributed by atoms with Gasteiger partial charge in [-0.2, -0.15) is 5.10 Å². The van der Waals surface area contributed by atoms with Gasteiger partial charge in [-0.3, -0.25) is 20.1 Å². The molecule has 0 atom stereocenters. The molecule has 6 aromatic rings. The number of halogens is 2. The van der Waals surface area contributed by atoms with Crippen LogP contribution in [0.25, 0.3) is 55.8 Å². The Morgan fingerprint density at radius 1 is 0.929 bits per heavy atom. The Labute approximate surface area is 238 Å². The summed E-state index contributed by atoms with van der Waals surface area (Å²) in [5.41, 5.74) is 4.29. The third kappa shape index (κ3) is 5.41. The summed E-state index contributed by atoms with van der Waals surface area (Å²) in [4.78, 5) is 20.6. The van der Waals surface area contributed by atoms with Crippen LogP contribution >= 0.6 is 0 Å². The summed E-state index contributed by atoms with van der Waals surface area (Å²) in [6.45, 7) is 3.90. The molecular formula is C28H25F2N9O2S. The van der Waals surface area contributed by atoms with E-state index in [4.69, 9.17) is 4.98 Å². The highest BCUT2D eigenvalue weighted by molar-refractivity contribution is 7.88. The van der Waals surface area contributed by atoms with Gasteiger partial charge in [0.15, 0.2) is 11.6 Å². The van der Waals surface area contributed by atoms with Crippen LogP contribution in [0.3, 0.4) is 0 Å². The van der Waals surface area contributed by atoms with E-state index < -0.39 is 21.7 Å². The van der Waals surface area contributed by atoms with Crippen LogP contribution in [0, 0.1) is 11.6 Å². The van der Waals surface area contributed by atoms with Gasteiger partial charge in [-0.05, 0) is 49.2 Å². The number of H-pyrrole nitrogens is 2. The molecule has 5 aromatic heterocycles. The summed E-state index contributed by atoms with van der Waals surface area (Å²) < 4.78 is 56.0. The van der Waals surface area contributed by atoms with E-state index >= 15 is 4.39 Å². The van der Waals surface area contributed by atoms with Gasteiger partial charge in [-0.25, -0.2) is 26.9 Å². The van der Waals surface area contributed by atoms with E-state index in [-0.39, 0.29) is 35.2 Å². The van der Waals surface area contributed by atoms with Crippen LogP contribution in [0.5, 0.6) is 0 Å². The number of pyridine rings is 3. The Hall–Kier alpha value is -4.82. The summed E-state index contributed by atoms with van der Waals surface area (Å²) in [5, 5.41) is 10.6. The number of aromatic nitrogens is 7. The van der Waals surface area contributed by atoms with Gasteiger partial charge < -0.3 is 10.3 Å². The quantitative estimate of drug-likeness (QED) is 0.198. The normalized spacial score (nSPS) is 12.0. The van der Waals surface area contributed by atoms with Gasteiger partial charge in [-0.15, -0.1) is 0 Å². The molecule has 0 radical (unpaired) electrons. The SMILES string of the molecule is CC(C)Nc1cncc(-c2ncc3[nH]nc(-c4nc5c(-c6cc(F)cc(CNS(C)(=O)=O)c6)cncc5[nH]4)c3c2F)c1. The number of benzene rings is 1. The molecule has 0 saturated carbocycles. The largest absolute Gasteiger partial charge is 0.382 e. The third-order valence-electron chi connectivity index (χ3n) is 6.44. The number of hydrogen-bond donors (Lipinski definition) is 4. The second-order valence-corrected chi connectivity index (χ2v) is 12.0. The fourth-order valence-electron chi connectivity index (χ4n) is 4.71. The van der Waals surface area contributed by atoms with Gasteiger partial charge >= 0.3 is 0 Å². The van der Waals surface area contributed by atoms with Crippen LogP contribution < -0.4 is 10.0 Å². The molecular weight excluding hydrogens is 564 g/mol. The smallest absolute Gasteiger partial charge is 0.209 e. The lowest BCUT2D eigenvalue weighted by Crippen LogP contribution is -2.21. The number of imidazole rings is 1. The molecule has 0 aliphatic carbocycles. The van der Waals surface area contributed by atoms with Crippen molar-refractivity contribution in [2.45, 2.75) is 26.4 Å². The minimum Gasteiger partial charge on any atom is -0.382 e. The number of nitrogens with zero attached hydrogens (tertiary/aromatic N) is 5. The van der Waals surface area contributed by atoms with Crippen molar-refractivity contribution in [3.8, 4) is 33.9 Å². The lowest BCUT2D eigenvalue weighted by molar-refractivity contribution is 0.586. The molecule has 0 spiro atoms. The first-order valence-corrected chi connectivity index (χ1v) is 14.8. The van der Waals surface area contributed by atoms with Gasteiger partial charge in [0.05, 0.1) is 46.3 Å². The molecule has 0 aliphatic rings. The van der Waals surface area contributed by atoms with Crippen molar-refractivity contribution >= 4 is 37.6 Å². The number of fused-ring (bicyclic) bond motifs is 2. The minimum absolute atomic E-state index is 0.0837. The average molecular weight is 590 g/mol. The topological polar surface area (TPSA) is 154 Å². The molecule has 5 heterocycles. The summed E-state index contributed by atoms with van der Waals surface area (Å²) in [6, 6.07) is 6.16. The predicted octanol–water partition coefficient (Wildman–Crippen LogP) is 4.77. The Bertz CT molecular complexity index is 2070. The highest BCUT2D eigenvalue weighted by Gasteiger charge is 2.22. The van der Waals surface area contributed by atoms with Crippen molar-refractivity contribution in [2.75, 3.05) is 11.6 Å². The standard InChI is InChI=1S/C28H25F2N9O2S/c1-14(2)35-19-7-17(9-31-10-19)25-24(30)23-21(13-33-25)38-39-27(23)28-36-22-12-32-11-20(26(22)37-28)16-4-15(5-18(29)6-16)8-34-42(3,40)41/h4-7,9-14,34-35H,8H2,1-3H3,(H,36,37)(H,38,39). The van der Waals surface area contributed by atoms with Gasteiger partial charge in [0.1, 0.15) is 17.2 Å². The maximum Gasteiger partial charge on any atom is 0.209 e. The molecule has 11 nitrogen and oxygen atoms in total. The lowest BCUT2D eigenvalue weighted by Gasteiger charge is -2.11. The third-order valence-corrected chi connectivity index (χ3v) is 7.11. The van der Waals surface area contributed by atoms with Crippen molar-refractivity contribution in [2.24, 2.45) is 0 Å². The molecule has 0 fully saturated rings. The number of aromatic amines is 2. The molecule has 6 rings (SSSR count). The molecule has 42 heavy (non-hydrogen) atoms. The van der Waals surface area contributed by atoms with Crippen LogP contribution in [0.4, 0.5) is 14.5 Å². The highest BCUT2D eigenvalue weighted by atomic mass is 32.2. The fraction of sp³-hybridized carbons (Fsp3) is 0.179. The number of sulfonamides is 1. The Balaban J connectivity index is 1.43. The van der Waals surface area contributed by atoms with E-state index in [0.29, 0.717) is 38.8 Å².